The minimum atomic E-state index is 0.302. The molecule has 4 rings (SSSR count). The van der Waals surface area contributed by atoms with Gasteiger partial charge in [-0.2, -0.15) is 0 Å². The van der Waals surface area contributed by atoms with Gasteiger partial charge < -0.3 is 4.90 Å². The SMILES string of the molecule is Clc1ccc(C2CCCN2c2ncc(C3CC3)nc2Cl)cc1. The zero-order valence-electron chi connectivity index (χ0n) is 12.2. The van der Waals surface area contributed by atoms with Gasteiger partial charge in [-0.25, -0.2) is 9.97 Å². The highest BCUT2D eigenvalue weighted by atomic mass is 35.5. The van der Waals surface area contributed by atoms with E-state index in [1.807, 2.05) is 18.3 Å². The van der Waals surface area contributed by atoms with Crippen LogP contribution in [-0.2, 0) is 0 Å². The van der Waals surface area contributed by atoms with Crippen LogP contribution in [0.1, 0.15) is 48.9 Å². The van der Waals surface area contributed by atoms with Crippen LogP contribution in [0.3, 0.4) is 0 Å². The number of aromatic nitrogens is 2. The Balaban J connectivity index is 1.64. The van der Waals surface area contributed by atoms with E-state index >= 15 is 0 Å². The fourth-order valence-corrected chi connectivity index (χ4v) is 3.57. The standard InChI is InChI=1S/C17H17Cl2N3/c18-13-7-5-12(6-8-13)15-2-1-9-22(15)17-16(19)21-14(10-20-17)11-3-4-11/h5-8,10-11,15H,1-4,9H2. The summed E-state index contributed by atoms with van der Waals surface area (Å²) in [6.45, 7) is 0.963. The van der Waals surface area contributed by atoms with Crippen LogP contribution in [0.5, 0.6) is 0 Å². The van der Waals surface area contributed by atoms with Crippen LogP contribution in [-0.4, -0.2) is 16.5 Å². The van der Waals surface area contributed by atoms with Gasteiger partial charge in [0.15, 0.2) is 11.0 Å². The lowest BCUT2D eigenvalue weighted by molar-refractivity contribution is 0.709. The highest BCUT2D eigenvalue weighted by Crippen LogP contribution is 2.42. The minimum absolute atomic E-state index is 0.302. The van der Waals surface area contributed by atoms with Gasteiger partial charge >= 0.3 is 0 Å². The Bertz CT molecular complexity index is 683. The third kappa shape index (κ3) is 2.68. The Hall–Kier alpha value is -1.32. The van der Waals surface area contributed by atoms with Crippen molar-refractivity contribution in [1.82, 2.24) is 9.97 Å². The maximum Gasteiger partial charge on any atom is 0.171 e. The monoisotopic (exact) mass is 333 g/mol. The molecule has 0 N–H and O–H groups in total. The van der Waals surface area contributed by atoms with Crippen LogP contribution in [0.2, 0.25) is 10.2 Å². The van der Waals surface area contributed by atoms with E-state index in [1.165, 1.54) is 18.4 Å². The van der Waals surface area contributed by atoms with Crippen molar-refractivity contribution in [3.63, 3.8) is 0 Å². The first-order chi connectivity index (χ1) is 10.7. The van der Waals surface area contributed by atoms with Crippen LogP contribution in [0, 0.1) is 0 Å². The molecule has 0 amide bonds. The number of nitrogens with zero attached hydrogens (tertiary/aromatic N) is 3. The Morgan fingerprint density at radius 2 is 1.82 bits per heavy atom. The number of benzene rings is 1. The fourth-order valence-electron chi connectivity index (χ4n) is 3.19. The Labute approximate surface area is 140 Å². The van der Waals surface area contributed by atoms with Crippen molar-refractivity contribution in [3.8, 4) is 0 Å². The summed E-state index contributed by atoms with van der Waals surface area (Å²) in [6.07, 6.45) is 6.55. The van der Waals surface area contributed by atoms with Crippen molar-refractivity contribution in [3.05, 3.63) is 51.9 Å². The molecule has 2 heterocycles. The van der Waals surface area contributed by atoms with E-state index < -0.39 is 0 Å². The summed E-state index contributed by atoms with van der Waals surface area (Å²) in [5.41, 5.74) is 2.29. The normalized spacial score (nSPS) is 21.4. The first-order valence-electron chi connectivity index (χ1n) is 7.77. The second kappa shape index (κ2) is 5.71. The highest BCUT2D eigenvalue weighted by Gasteiger charge is 2.31. The summed E-state index contributed by atoms with van der Waals surface area (Å²) in [6, 6.07) is 8.36. The molecule has 0 spiro atoms. The number of anilines is 1. The summed E-state index contributed by atoms with van der Waals surface area (Å²) < 4.78 is 0. The van der Waals surface area contributed by atoms with Crippen molar-refractivity contribution < 1.29 is 0 Å². The molecule has 3 nitrogen and oxygen atoms in total. The predicted molar refractivity (Wildman–Crippen MR) is 89.8 cm³/mol. The predicted octanol–water partition coefficient (Wildman–Crippen LogP) is 5.00. The zero-order valence-corrected chi connectivity index (χ0v) is 13.7. The quantitative estimate of drug-likeness (QED) is 0.791. The third-order valence-corrected chi connectivity index (χ3v) is 5.01. The Morgan fingerprint density at radius 1 is 1.05 bits per heavy atom. The maximum atomic E-state index is 6.42. The summed E-state index contributed by atoms with van der Waals surface area (Å²) in [7, 11) is 0. The molecule has 2 aliphatic rings. The summed E-state index contributed by atoms with van der Waals surface area (Å²) >= 11 is 12.4. The molecular weight excluding hydrogens is 317 g/mol. The molecule has 1 unspecified atom stereocenters. The number of halogens is 2. The molecule has 114 valence electrons. The van der Waals surface area contributed by atoms with Crippen molar-refractivity contribution in [2.24, 2.45) is 0 Å². The van der Waals surface area contributed by atoms with Crippen LogP contribution in [0.15, 0.2) is 30.5 Å². The lowest BCUT2D eigenvalue weighted by atomic mass is 10.0. The van der Waals surface area contributed by atoms with Gasteiger partial charge in [-0.1, -0.05) is 35.3 Å². The second-order valence-electron chi connectivity index (χ2n) is 6.09. The van der Waals surface area contributed by atoms with Gasteiger partial charge in [-0.3, -0.25) is 0 Å². The molecule has 22 heavy (non-hydrogen) atoms. The molecule has 1 aliphatic heterocycles. The van der Waals surface area contributed by atoms with E-state index in [4.69, 9.17) is 23.2 Å². The van der Waals surface area contributed by atoms with Gasteiger partial charge in [0.2, 0.25) is 0 Å². The van der Waals surface area contributed by atoms with Gasteiger partial charge in [-0.15, -0.1) is 0 Å². The van der Waals surface area contributed by atoms with E-state index in [0.717, 1.165) is 35.9 Å². The molecule has 2 fully saturated rings. The fraction of sp³-hybridized carbons (Fsp3) is 0.412. The van der Waals surface area contributed by atoms with E-state index in [-0.39, 0.29) is 0 Å². The van der Waals surface area contributed by atoms with Gasteiger partial charge in [-0.05, 0) is 43.4 Å². The highest BCUT2D eigenvalue weighted by molar-refractivity contribution is 6.31. The molecule has 1 aromatic carbocycles. The molecule has 0 radical (unpaired) electrons. The lowest BCUT2D eigenvalue weighted by Crippen LogP contribution is -2.24. The lowest BCUT2D eigenvalue weighted by Gasteiger charge is -2.26. The van der Waals surface area contributed by atoms with Crippen LogP contribution in [0.4, 0.5) is 5.82 Å². The number of rotatable bonds is 3. The van der Waals surface area contributed by atoms with Crippen molar-refractivity contribution in [2.45, 2.75) is 37.6 Å². The number of hydrogen-bond donors (Lipinski definition) is 0. The zero-order chi connectivity index (χ0) is 15.1. The van der Waals surface area contributed by atoms with E-state index in [9.17, 15) is 0 Å². The maximum absolute atomic E-state index is 6.42. The molecule has 1 atom stereocenters. The van der Waals surface area contributed by atoms with E-state index in [2.05, 4.69) is 27.0 Å². The molecule has 5 heteroatoms. The first kappa shape index (κ1) is 14.3. The smallest absolute Gasteiger partial charge is 0.171 e. The van der Waals surface area contributed by atoms with Gasteiger partial charge in [0.25, 0.3) is 0 Å². The second-order valence-corrected chi connectivity index (χ2v) is 6.88. The Morgan fingerprint density at radius 3 is 2.50 bits per heavy atom. The van der Waals surface area contributed by atoms with Crippen molar-refractivity contribution >= 4 is 29.0 Å². The minimum Gasteiger partial charge on any atom is -0.347 e. The van der Waals surface area contributed by atoms with Crippen molar-refractivity contribution in [2.75, 3.05) is 11.4 Å². The average molecular weight is 334 g/mol. The molecular formula is C17H17Cl2N3. The third-order valence-electron chi connectivity index (χ3n) is 4.51. The average Bonchev–Trinajstić information content (AvgIpc) is 3.26. The summed E-state index contributed by atoms with van der Waals surface area (Å²) in [5.74, 6) is 1.38. The largest absolute Gasteiger partial charge is 0.347 e. The van der Waals surface area contributed by atoms with Gasteiger partial charge in [0.1, 0.15) is 0 Å². The van der Waals surface area contributed by atoms with E-state index in [1.54, 1.807) is 0 Å². The number of hydrogen-bond acceptors (Lipinski definition) is 3. The van der Waals surface area contributed by atoms with E-state index in [0.29, 0.717) is 17.1 Å². The Kier molecular flexibility index (Phi) is 3.71. The molecule has 1 aliphatic carbocycles. The molecule has 0 bridgehead atoms. The van der Waals surface area contributed by atoms with Gasteiger partial charge in [0, 0.05) is 17.5 Å². The first-order valence-corrected chi connectivity index (χ1v) is 8.52. The van der Waals surface area contributed by atoms with Gasteiger partial charge in [0.05, 0.1) is 17.9 Å². The molecule has 1 saturated carbocycles. The summed E-state index contributed by atoms with van der Waals surface area (Å²) in [4.78, 5) is 11.5. The van der Waals surface area contributed by atoms with Crippen LogP contribution < -0.4 is 4.90 Å². The summed E-state index contributed by atoms with van der Waals surface area (Å²) in [5, 5.41) is 1.30. The molecule has 1 saturated heterocycles. The van der Waals surface area contributed by atoms with Crippen molar-refractivity contribution in [1.29, 1.82) is 0 Å². The van der Waals surface area contributed by atoms with Crippen LogP contribution >= 0.6 is 23.2 Å². The molecule has 2 aromatic rings. The molecule has 1 aromatic heterocycles. The topological polar surface area (TPSA) is 29.0 Å². The van der Waals surface area contributed by atoms with Crippen LogP contribution in [0.25, 0.3) is 0 Å².